The van der Waals surface area contributed by atoms with Gasteiger partial charge >= 0.3 is 6.18 Å². The molecule has 1 N–H and O–H groups in total. The van der Waals surface area contributed by atoms with E-state index in [4.69, 9.17) is 9.84 Å². The molecule has 0 aromatic heterocycles. The third-order valence-electron chi connectivity index (χ3n) is 1.97. The van der Waals surface area contributed by atoms with Crippen LogP contribution in [0.3, 0.4) is 0 Å². The van der Waals surface area contributed by atoms with Crippen LogP contribution in [0.5, 0.6) is 5.75 Å². The number of alkyl halides is 3. The molecule has 0 saturated heterocycles. The van der Waals surface area contributed by atoms with E-state index in [0.29, 0.717) is 0 Å². The number of rotatable bonds is 3. The number of aliphatic hydroxyl groups is 1. The summed E-state index contributed by atoms with van der Waals surface area (Å²) in [5.41, 5.74) is -0.779. The molecule has 16 heavy (non-hydrogen) atoms. The SMILES string of the molecule is COc1ccc(/C=C/CO)c(C(F)(F)F)c1. The van der Waals surface area contributed by atoms with Crippen molar-refractivity contribution < 1.29 is 23.0 Å². The number of hydrogen-bond donors (Lipinski definition) is 1. The van der Waals surface area contributed by atoms with E-state index in [2.05, 4.69) is 0 Å². The van der Waals surface area contributed by atoms with Crippen LogP contribution in [-0.2, 0) is 6.18 Å². The van der Waals surface area contributed by atoms with Gasteiger partial charge in [0.1, 0.15) is 5.75 Å². The van der Waals surface area contributed by atoms with E-state index in [1.807, 2.05) is 0 Å². The van der Waals surface area contributed by atoms with Crippen molar-refractivity contribution in [1.82, 2.24) is 0 Å². The van der Waals surface area contributed by atoms with Gasteiger partial charge < -0.3 is 9.84 Å². The minimum atomic E-state index is -4.44. The van der Waals surface area contributed by atoms with E-state index >= 15 is 0 Å². The predicted octanol–water partition coefficient (Wildman–Crippen LogP) is 2.72. The van der Waals surface area contributed by atoms with Gasteiger partial charge in [-0.1, -0.05) is 18.2 Å². The molecule has 1 aromatic carbocycles. The Balaban J connectivity index is 3.22. The lowest BCUT2D eigenvalue weighted by atomic mass is 10.1. The molecule has 0 radical (unpaired) electrons. The van der Waals surface area contributed by atoms with Gasteiger partial charge in [0.2, 0.25) is 0 Å². The van der Waals surface area contributed by atoms with Crippen LogP contribution in [0.4, 0.5) is 13.2 Å². The summed E-state index contributed by atoms with van der Waals surface area (Å²) in [4.78, 5) is 0. The molecule has 88 valence electrons. The van der Waals surface area contributed by atoms with Crippen LogP contribution in [0.15, 0.2) is 24.3 Å². The Kier molecular flexibility index (Phi) is 3.95. The maximum absolute atomic E-state index is 12.6. The van der Waals surface area contributed by atoms with E-state index in [0.717, 1.165) is 6.07 Å². The average molecular weight is 232 g/mol. The Morgan fingerprint density at radius 3 is 2.56 bits per heavy atom. The van der Waals surface area contributed by atoms with Gasteiger partial charge in [-0.05, 0) is 17.7 Å². The molecule has 0 atom stereocenters. The maximum atomic E-state index is 12.6. The smallest absolute Gasteiger partial charge is 0.417 e. The molecule has 0 unspecified atom stereocenters. The lowest BCUT2D eigenvalue weighted by molar-refractivity contribution is -0.137. The van der Waals surface area contributed by atoms with Crippen molar-refractivity contribution in [2.75, 3.05) is 13.7 Å². The van der Waals surface area contributed by atoms with E-state index in [-0.39, 0.29) is 17.9 Å². The largest absolute Gasteiger partial charge is 0.497 e. The van der Waals surface area contributed by atoms with Gasteiger partial charge in [-0.2, -0.15) is 13.2 Å². The van der Waals surface area contributed by atoms with E-state index in [1.54, 1.807) is 0 Å². The van der Waals surface area contributed by atoms with Crippen LogP contribution in [0, 0.1) is 0 Å². The lowest BCUT2D eigenvalue weighted by Crippen LogP contribution is -2.07. The molecule has 0 heterocycles. The van der Waals surface area contributed by atoms with E-state index in [9.17, 15) is 13.2 Å². The Morgan fingerprint density at radius 2 is 2.06 bits per heavy atom. The first-order valence-electron chi connectivity index (χ1n) is 4.51. The third kappa shape index (κ3) is 3.00. The van der Waals surface area contributed by atoms with Crippen LogP contribution in [0.1, 0.15) is 11.1 Å². The molecular weight excluding hydrogens is 221 g/mol. The van der Waals surface area contributed by atoms with Gasteiger partial charge in [-0.15, -0.1) is 0 Å². The molecule has 1 aromatic rings. The van der Waals surface area contributed by atoms with Gasteiger partial charge in [0, 0.05) is 0 Å². The van der Waals surface area contributed by atoms with Gasteiger partial charge in [0.05, 0.1) is 19.3 Å². The molecule has 2 nitrogen and oxygen atoms in total. The first kappa shape index (κ1) is 12.6. The maximum Gasteiger partial charge on any atom is 0.417 e. The van der Waals surface area contributed by atoms with Crippen molar-refractivity contribution in [3.63, 3.8) is 0 Å². The summed E-state index contributed by atoms with van der Waals surface area (Å²) in [5.74, 6) is 0.147. The molecule has 0 fully saturated rings. The van der Waals surface area contributed by atoms with Crippen molar-refractivity contribution in [2.45, 2.75) is 6.18 Å². The molecule has 5 heteroatoms. The molecule has 1 rings (SSSR count). The monoisotopic (exact) mass is 232 g/mol. The quantitative estimate of drug-likeness (QED) is 0.868. The summed E-state index contributed by atoms with van der Waals surface area (Å²) in [6, 6.07) is 3.66. The molecule has 0 spiro atoms. The first-order valence-corrected chi connectivity index (χ1v) is 4.51. The second kappa shape index (κ2) is 5.03. The number of hydrogen-bond acceptors (Lipinski definition) is 2. The van der Waals surface area contributed by atoms with Crippen LogP contribution < -0.4 is 4.74 Å². The molecule has 0 aliphatic carbocycles. The number of ether oxygens (including phenoxy) is 1. The molecule has 0 bridgehead atoms. The third-order valence-corrected chi connectivity index (χ3v) is 1.97. The molecular formula is C11H11F3O2. The highest BCUT2D eigenvalue weighted by molar-refractivity contribution is 5.56. The molecule has 0 aliphatic rings. The van der Waals surface area contributed by atoms with Crippen molar-refractivity contribution >= 4 is 6.08 Å². The number of methoxy groups -OCH3 is 1. The molecule has 0 saturated carbocycles. The Labute approximate surface area is 91.0 Å². The van der Waals surface area contributed by atoms with Gasteiger partial charge in [-0.25, -0.2) is 0 Å². The fourth-order valence-electron chi connectivity index (χ4n) is 1.23. The zero-order valence-corrected chi connectivity index (χ0v) is 8.58. The number of aliphatic hydroxyl groups excluding tert-OH is 1. The van der Waals surface area contributed by atoms with Gasteiger partial charge in [0.25, 0.3) is 0 Å². The van der Waals surface area contributed by atoms with Gasteiger partial charge in [0.15, 0.2) is 0 Å². The second-order valence-corrected chi connectivity index (χ2v) is 3.04. The summed E-state index contributed by atoms with van der Waals surface area (Å²) >= 11 is 0. The summed E-state index contributed by atoms with van der Waals surface area (Å²) in [5, 5.41) is 8.53. The van der Waals surface area contributed by atoms with Crippen molar-refractivity contribution in [3.8, 4) is 5.75 Å². The fraction of sp³-hybridized carbons (Fsp3) is 0.273. The first-order chi connectivity index (χ1) is 7.49. The standard InChI is InChI=1S/C11H11F3O2/c1-16-9-5-4-8(3-2-6-15)10(7-9)11(12,13)14/h2-5,7,15H,6H2,1H3/b3-2+. The van der Waals surface area contributed by atoms with Gasteiger partial charge in [-0.3, -0.25) is 0 Å². The number of benzene rings is 1. The summed E-state index contributed by atoms with van der Waals surface area (Å²) in [6.45, 7) is -0.302. The van der Waals surface area contributed by atoms with Crippen LogP contribution in [0.2, 0.25) is 0 Å². The average Bonchev–Trinajstić information content (AvgIpc) is 2.25. The Morgan fingerprint density at radius 1 is 1.38 bits per heavy atom. The van der Waals surface area contributed by atoms with Crippen molar-refractivity contribution in [2.24, 2.45) is 0 Å². The highest BCUT2D eigenvalue weighted by Gasteiger charge is 2.33. The summed E-state index contributed by atoms with van der Waals surface area (Å²) in [7, 11) is 1.30. The molecule has 0 aliphatic heterocycles. The normalized spacial score (nSPS) is 12.1. The zero-order valence-electron chi connectivity index (χ0n) is 8.58. The zero-order chi connectivity index (χ0) is 12.2. The Hall–Kier alpha value is -1.49. The van der Waals surface area contributed by atoms with Crippen LogP contribution in [0.25, 0.3) is 6.08 Å². The van der Waals surface area contributed by atoms with Crippen LogP contribution >= 0.6 is 0 Å². The summed E-state index contributed by atoms with van der Waals surface area (Å²) in [6.07, 6.45) is -1.97. The highest BCUT2D eigenvalue weighted by Crippen LogP contribution is 2.34. The van der Waals surface area contributed by atoms with Crippen molar-refractivity contribution in [3.05, 3.63) is 35.4 Å². The Bertz CT molecular complexity index is 383. The van der Waals surface area contributed by atoms with E-state index < -0.39 is 11.7 Å². The topological polar surface area (TPSA) is 29.5 Å². The predicted molar refractivity (Wildman–Crippen MR) is 54.1 cm³/mol. The van der Waals surface area contributed by atoms with Crippen LogP contribution in [-0.4, -0.2) is 18.8 Å². The summed E-state index contributed by atoms with van der Waals surface area (Å²) < 4.78 is 42.7. The minimum absolute atomic E-state index is 0.00218. The lowest BCUT2D eigenvalue weighted by Gasteiger charge is -2.11. The highest BCUT2D eigenvalue weighted by atomic mass is 19.4. The van der Waals surface area contributed by atoms with E-state index in [1.165, 1.54) is 31.4 Å². The fourth-order valence-corrected chi connectivity index (χ4v) is 1.23. The molecule has 0 amide bonds. The minimum Gasteiger partial charge on any atom is -0.497 e. The van der Waals surface area contributed by atoms with Crippen molar-refractivity contribution in [1.29, 1.82) is 0 Å². The number of halogens is 3. The second-order valence-electron chi connectivity index (χ2n) is 3.04.